The van der Waals surface area contributed by atoms with E-state index in [1.165, 1.54) is 0 Å². The first-order valence-corrected chi connectivity index (χ1v) is 0. The second kappa shape index (κ2) is 84.7. The Balaban J connectivity index is 0. The minimum absolute atomic E-state index is 0. The smallest absolute Gasteiger partial charge is 1.00 e. The van der Waals surface area contributed by atoms with Crippen molar-refractivity contribution in [3.05, 3.63) is 0 Å². The van der Waals surface area contributed by atoms with Crippen LogP contribution in [0.1, 0.15) is 0 Å². The van der Waals surface area contributed by atoms with Crippen molar-refractivity contribution in [1.82, 2.24) is 0 Å². The number of halogens is 5. The zero-order chi connectivity index (χ0) is 0. The van der Waals surface area contributed by atoms with Crippen LogP contribution < -0.4 is 74.9 Å². The van der Waals surface area contributed by atoms with E-state index in [0.29, 0.717) is 0 Å². The van der Waals surface area contributed by atoms with Crippen LogP contribution in [0.3, 0.4) is 0 Å². The number of hydrogen-bond acceptors (Lipinski definition) is 0. The third-order valence-electron chi connectivity index (χ3n) is 0. The maximum Gasteiger partial charge on any atom is 1.00 e. The van der Waals surface area contributed by atoms with Gasteiger partial charge >= 0.3 is 51.4 Å². The molecule has 7 heteroatoms. The summed E-state index contributed by atoms with van der Waals surface area (Å²) in [7, 11) is 0. The summed E-state index contributed by atoms with van der Waals surface area (Å²) in [5.74, 6) is 0. The van der Waals surface area contributed by atoms with Gasteiger partial charge in [0.25, 0.3) is 0 Å². The molecule has 0 aromatic carbocycles. The molecule has 0 aromatic rings. The standard InChI is InChI=1S/5FH.K.Pu/h5*1H;;/q;;;;;+1;/p-5. The van der Waals surface area contributed by atoms with Gasteiger partial charge in [-0.15, -0.1) is 0 Å². The van der Waals surface area contributed by atoms with Crippen LogP contribution in [0, 0.1) is 29.2 Å². The van der Waals surface area contributed by atoms with Gasteiger partial charge in [-0.25, -0.2) is 0 Å². The number of hydrogen-bond donors (Lipinski definition) is 0. The zero-order valence-corrected chi connectivity index (χ0v) is 9.82. The maximum absolute atomic E-state index is 0. The second-order valence-corrected chi connectivity index (χ2v) is 0. The Morgan fingerprint density at radius 3 is 0.429 bits per heavy atom. The van der Waals surface area contributed by atoms with Crippen LogP contribution in [0.25, 0.3) is 0 Å². The molecule has 0 saturated heterocycles. The molecule has 0 nitrogen and oxygen atoms in total. The molecule has 46 valence electrons. The van der Waals surface area contributed by atoms with Crippen LogP contribution >= 0.6 is 0 Å². The Bertz CT molecular complexity index is 8.04. The van der Waals surface area contributed by atoms with Crippen molar-refractivity contribution in [2.24, 2.45) is 0 Å². The molecule has 0 spiro atoms. The maximum atomic E-state index is 0. The average molecular weight is 378 g/mol. The number of rotatable bonds is 0. The third-order valence-corrected chi connectivity index (χ3v) is 0. The molecule has 0 amide bonds. The fourth-order valence-corrected chi connectivity index (χ4v) is 0. The Kier molecular flexibility index (Phi) is 1490. The monoisotopic (exact) mass is 372 g/mol. The summed E-state index contributed by atoms with van der Waals surface area (Å²) >= 11 is 0. The summed E-state index contributed by atoms with van der Waals surface area (Å²) in [5, 5.41) is 0. The molecule has 0 saturated carbocycles. The Labute approximate surface area is 102 Å². The summed E-state index contributed by atoms with van der Waals surface area (Å²) in [6.07, 6.45) is 0. The molecule has 0 N–H and O–H groups in total. The van der Waals surface area contributed by atoms with E-state index in [2.05, 4.69) is 0 Å². The van der Waals surface area contributed by atoms with Gasteiger partial charge < -0.3 is 23.5 Å². The van der Waals surface area contributed by atoms with Gasteiger partial charge in [0.05, 0.1) is 0 Å². The largest absolute Gasteiger partial charge is 1.00 e. The normalized spacial score (nSPS) is 0. The third kappa shape index (κ3) is 63.0. The van der Waals surface area contributed by atoms with Crippen LogP contribution in [0.5, 0.6) is 0 Å². The van der Waals surface area contributed by atoms with Crippen LogP contribution in [-0.2, 0) is 0 Å². The molecule has 0 radical (unpaired) electrons. The molecular formula is F5KPu-4. The van der Waals surface area contributed by atoms with E-state index in [-0.39, 0.29) is 104 Å². The molecule has 0 unspecified atom stereocenters. The van der Waals surface area contributed by atoms with E-state index in [9.17, 15) is 0 Å². The first-order chi connectivity index (χ1) is 0. The molecule has 0 heterocycles. The first-order valence-electron chi connectivity index (χ1n) is 0. The second-order valence-electron chi connectivity index (χ2n) is 0. The minimum atomic E-state index is 0. The van der Waals surface area contributed by atoms with E-state index in [1.807, 2.05) is 0 Å². The van der Waals surface area contributed by atoms with E-state index in [0.717, 1.165) is 0 Å². The molecule has 0 rings (SSSR count). The summed E-state index contributed by atoms with van der Waals surface area (Å²) in [4.78, 5) is 0. The quantitative estimate of drug-likeness (QED) is 0.290. The first kappa shape index (κ1) is 123. The zero-order valence-electron chi connectivity index (χ0n) is 3.30. The average Bonchev–Trinajstić information content (AvgIpc) is 0. The fourth-order valence-electron chi connectivity index (χ4n) is 0. The van der Waals surface area contributed by atoms with Gasteiger partial charge in [-0.3, -0.25) is 0 Å². The van der Waals surface area contributed by atoms with Crippen LogP contribution in [0.15, 0.2) is 0 Å². The van der Waals surface area contributed by atoms with Crippen molar-refractivity contribution in [2.45, 2.75) is 0 Å². The SMILES string of the molecule is [F-].[F-].[F-].[F-].[F-].[K+].[Pu]. The van der Waals surface area contributed by atoms with Gasteiger partial charge in [0.1, 0.15) is 0 Å². The van der Waals surface area contributed by atoms with Crippen LogP contribution in [0.4, 0.5) is 0 Å². The summed E-state index contributed by atoms with van der Waals surface area (Å²) < 4.78 is 0. The summed E-state index contributed by atoms with van der Waals surface area (Å²) in [6.45, 7) is 0. The van der Waals surface area contributed by atoms with Crippen molar-refractivity contribution in [3.8, 4) is 0 Å². The Morgan fingerprint density at radius 2 is 0.429 bits per heavy atom. The van der Waals surface area contributed by atoms with Gasteiger partial charge in [-0.05, 0) is 0 Å². The Morgan fingerprint density at radius 1 is 0.429 bits per heavy atom. The van der Waals surface area contributed by atoms with Gasteiger partial charge in [-0.2, -0.15) is 0 Å². The van der Waals surface area contributed by atoms with Gasteiger partial charge in [-0.1, -0.05) is 0 Å². The van der Waals surface area contributed by atoms with E-state index >= 15 is 0 Å². The van der Waals surface area contributed by atoms with Crippen molar-refractivity contribution < 1.29 is 104 Å². The van der Waals surface area contributed by atoms with Gasteiger partial charge in [0.15, 0.2) is 0 Å². The fraction of sp³-hybridized carbons (Fsp3) is 0. The molecule has 0 aliphatic heterocycles. The topological polar surface area (TPSA) is 0 Å². The van der Waals surface area contributed by atoms with E-state index in [4.69, 9.17) is 0 Å². The summed E-state index contributed by atoms with van der Waals surface area (Å²) in [6, 6.07) is 0. The predicted octanol–water partition coefficient (Wildman–Crippen LogP) is -18.0. The molecular weight excluding hydrogens is 378 g/mol. The molecule has 0 atom stereocenters. The van der Waals surface area contributed by atoms with Crippen LogP contribution in [0.2, 0.25) is 0 Å². The van der Waals surface area contributed by atoms with Crippen molar-refractivity contribution in [2.75, 3.05) is 0 Å². The Hall–Kier alpha value is 2.27. The molecule has 0 aliphatic carbocycles. The minimum Gasteiger partial charge on any atom is -1.00 e. The van der Waals surface area contributed by atoms with E-state index in [1.54, 1.807) is 0 Å². The van der Waals surface area contributed by atoms with Gasteiger partial charge in [0.2, 0.25) is 0 Å². The van der Waals surface area contributed by atoms with Crippen molar-refractivity contribution >= 4 is 0 Å². The van der Waals surface area contributed by atoms with E-state index < -0.39 is 0 Å². The molecule has 0 aliphatic rings. The molecule has 0 aromatic heterocycles. The molecule has 0 bridgehead atoms. The predicted molar refractivity (Wildman–Crippen MR) is 0 cm³/mol. The van der Waals surface area contributed by atoms with Crippen LogP contribution in [-0.4, -0.2) is 0 Å². The molecule has 7 heavy (non-hydrogen) atoms. The molecule has 0 fully saturated rings. The summed E-state index contributed by atoms with van der Waals surface area (Å²) in [5.41, 5.74) is 0. The van der Waals surface area contributed by atoms with Crippen molar-refractivity contribution in [3.63, 3.8) is 0 Å². The van der Waals surface area contributed by atoms with Gasteiger partial charge in [0, 0.05) is 29.2 Å². The van der Waals surface area contributed by atoms with Crippen molar-refractivity contribution in [1.29, 1.82) is 0 Å².